The Hall–Kier alpha value is -1.69. The number of alkyl halides is 2. The third-order valence-electron chi connectivity index (χ3n) is 6.00. The number of anilines is 1. The molecule has 34 heavy (non-hydrogen) atoms. The van der Waals surface area contributed by atoms with E-state index in [0.29, 0.717) is 12.8 Å². The molecule has 1 aromatic heterocycles. The molecule has 0 aromatic carbocycles. The van der Waals surface area contributed by atoms with E-state index in [9.17, 15) is 14.7 Å². The number of carbonyl (C=O) groups is 1. The van der Waals surface area contributed by atoms with Crippen LogP contribution in [0.4, 0.5) is 14.6 Å². The Labute approximate surface area is 201 Å². The Morgan fingerprint density at radius 1 is 1.32 bits per heavy atom. The molecule has 1 aliphatic heterocycles. The molecule has 1 saturated heterocycles. The minimum Gasteiger partial charge on any atom is -0.394 e. The molecular weight excluding hydrogens is 464 g/mol. The predicted octanol–water partition coefficient (Wildman–Crippen LogP) is 3.29. The lowest BCUT2D eigenvalue weighted by Gasteiger charge is -2.40. The van der Waals surface area contributed by atoms with Gasteiger partial charge < -0.3 is 19.9 Å². The van der Waals surface area contributed by atoms with Crippen molar-refractivity contribution in [3.63, 3.8) is 0 Å². The van der Waals surface area contributed by atoms with Crippen molar-refractivity contribution in [1.82, 2.24) is 9.55 Å². The van der Waals surface area contributed by atoms with Crippen LogP contribution in [0.1, 0.15) is 60.3 Å². The molecule has 1 aliphatic rings. The first-order valence-electron chi connectivity index (χ1n) is 12.0. The van der Waals surface area contributed by atoms with E-state index in [-0.39, 0.29) is 17.6 Å². The van der Waals surface area contributed by atoms with Crippen LogP contribution in [0.3, 0.4) is 0 Å². The summed E-state index contributed by atoms with van der Waals surface area (Å²) >= 11 is 0. The maximum Gasteiger partial charge on any atom is 0.351 e. The van der Waals surface area contributed by atoms with Crippen molar-refractivity contribution in [2.75, 3.05) is 11.9 Å². The number of aliphatic hydroxyl groups excluding tert-OH is 1. The number of amides is 1. The monoisotopic (exact) mass is 503 g/mol. The van der Waals surface area contributed by atoms with E-state index < -0.39 is 50.2 Å². The second-order valence-electron chi connectivity index (χ2n) is 10.2. The number of carbonyl (C=O) groups excluding carboxylic acids is 1. The lowest BCUT2D eigenvalue weighted by atomic mass is 9.97. The Bertz CT molecular complexity index is 899. The van der Waals surface area contributed by atoms with Crippen LogP contribution < -0.4 is 11.0 Å². The SMILES string of the molecule is CCCC(CCC)C(=O)Nc1ccn([C@]2([SiH](C)C)O[C@H](CO)[C@@H](OC(C)(C)C)C2(F)F)c(=O)n1. The van der Waals surface area contributed by atoms with Crippen LogP contribution in [-0.2, 0) is 19.6 Å². The predicted molar refractivity (Wildman–Crippen MR) is 129 cm³/mol. The zero-order chi connectivity index (χ0) is 25.9. The van der Waals surface area contributed by atoms with Gasteiger partial charge >= 0.3 is 11.6 Å². The van der Waals surface area contributed by atoms with Gasteiger partial charge in [-0.25, -0.2) is 4.79 Å². The molecule has 11 heteroatoms. The quantitative estimate of drug-likeness (QED) is 0.475. The first-order valence-corrected chi connectivity index (χ1v) is 14.9. The highest BCUT2D eigenvalue weighted by molar-refractivity contribution is 6.58. The highest BCUT2D eigenvalue weighted by Gasteiger charge is 2.72. The fourth-order valence-corrected chi connectivity index (χ4v) is 6.68. The number of nitrogens with one attached hydrogen (secondary N) is 1. The first-order chi connectivity index (χ1) is 15.7. The minimum atomic E-state index is -3.61. The summed E-state index contributed by atoms with van der Waals surface area (Å²) in [5.41, 5.74) is -1.89. The Kier molecular flexibility index (Phi) is 9.17. The lowest BCUT2D eigenvalue weighted by Crippen LogP contribution is -2.62. The van der Waals surface area contributed by atoms with E-state index in [4.69, 9.17) is 9.47 Å². The molecule has 0 unspecified atom stereocenters. The number of halogens is 2. The zero-order valence-corrected chi connectivity index (χ0v) is 22.4. The second-order valence-corrected chi connectivity index (χ2v) is 13.3. The summed E-state index contributed by atoms with van der Waals surface area (Å²) in [6.45, 7) is 11.5. The number of aromatic nitrogens is 2. The summed E-state index contributed by atoms with van der Waals surface area (Å²) in [5.74, 6) is -4.07. The van der Waals surface area contributed by atoms with Gasteiger partial charge in [0.1, 0.15) is 20.7 Å². The van der Waals surface area contributed by atoms with Gasteiger partial charge in [-0.1, -0.05) is 39.8 Å². The average Bonchev–Trinajstić information content (AvgIpc) is 2.94. The van der Waals surface area contributed by atoms with Gasteiger partial charge in [-0.3, -0.25) is 9.36 Å². The van der Waals surface area contributed by atoms with E-state index in [1.807, 2.05) is 13.8 Å². The van der Waals surface area contributed by atoms with Crippen molar-refractivity contribution < 1.29 is 28.2 Å². The van der Waals surface area contributed by atoms with Gasteiger partial charge in [-0.2, -0.15) is 13.8 Å². The van der Waals surface area contributed by atoms with Crippen molar-refractivity contribution >= 4 is 20.5 Å². The standard InChI is InChI=1S/C23H39F2N3O5Si/c1-8-10-15(11-9-2)19(30)26-17-12-13-28(20(31)27-17)23(34(6)7)22(24,25)18(16(14-29)32-23)33-21(3,4)5/h12-13,15-16,18,29,34H,8-11,14H2,1-7H3,(H,26,27,30,31)/t16-,18-,23+/m1/s1. The molecule has 2 heterocycles. The number of hydrogen-bond donors (Lipinski definition) is 2. The van der Waals surface area contributed by atoms with Crippen LogP contribution in [0.5, 0.6) is 0 Å². The van der Waals surface area contributed by atoms with Crippen molar-refractivity contribution in [2.45, 2.75) is 102 Å². The Morgan fingerprint density at radius 2 is 1.91 bits per heavy atom. The van der Waals surface area contributed by atoms with Crippen molar-refractivity contribution in [2.24, 2.45) is 5.92 Å². The van der Waals surface area contributed by atoms with Crippen LogP contribution in [0.2, 0.25) is 13.1 Å². The largest absolute Gasteiger partial charge is 0.394 e. The van der Waals surface area contributed by atoms with E-state index >= 15 is 8.78 Å². The average molecular weight is 504 g/mol. The molecule has 0 saturated carbocycles. The number of hydrogen-bond acceptors (Lipinski definition) is 6. The van der Waals surface area contributed by atoms with Crippen LogP contribution in [-0.4, -0.2) is 59.7 Å². The number of ether oxygens (including phenoxy) is 2. The fourth-order valence-electron chi connectivity index (χ4n) is 4.55. The molecule has 0 spiro atoms. The van der Waals surface area contributed by atoms with Crippen molar-refractivity contribution in [3.8, 4) is 0 Å². The summed E-state index contributed by atoms with van der Waals surface area (Å²) in [7, 11) is -2.50. The maximum atomic E-state index is 16.0. The third-order valence-corrected chi connectivity index (χ3v) is 8.37. The molecular formula is C23H39F2N3O5Si. The molecule has 0 bridgehead atoms. The van der Waals surface area contributed by atoms with Gasteiger partial charge in [0, 0.05) is 12.1 Å². The molecule has 1 amide bonds. The van der Waals surface area contributed by atoms with Crippen LogP contribution in [0.15, 0.2) is 17.1 Å². The summed E-state index contributed by atoms with van der Waals surface area (Å²) in [4.78, 5) is 29.5. The van der Waals surface area contributed by atoms with E-state index in [1.165, 1.54) is 12.3 Å². The molecule has 0 radical (unpaired) electrons. The fraction of sp³-hybridized carbons (Fsp3) is 0.783. The van der Waals surface area contributed by atoms with Crippen LogP contribution >= 0.6 is 0 Å². The molecule has 0 aliphatic carbocycles. The van der Waals surface area contributed by atoms with Crippen molar-refractivity contribution in [3.05, 3.63) is 22.7 Å². The first kappa shape index (κ1) is 28.5. The summed E-state index contributed by atoms with van der Waals surface area (Å²) in [5, 5.41) is 10.2. The summed E-state index contributed by atoms with van der Waals surface area (Å²) in [6, 6.07) is 1.33. The molecule has 3 atom stereocenters. The van der Waals surface area contributed by atoms with Crippen LogP contribution in [0.25, 0.3) is 0 Å². The number of aliphatic hydroxyl groups is 1. The molecule has 1 aromatic rings. The highest BCUT2D eigenvalue weighted by Crippen LogP contribution is 2.50. The molecule has 194 valence electrons. The van der Waals surface area contributed by atoms with Crippen LogP contribution in [0, 0.1) is 5.92 Å². The summed E-state index contributed by atoms with van der Waals surface area (Å²) in [6.07, 6.45) is 1.21. The number of rotatable bonds is 10. The van der Waals surface area contributed by atoms with Gasteiger partial charge in [0.05, 0.1) is 12.2 Å². The zero-order valence-electron chi connectivity index (χ0n) is 21.2. The topological polar surface area (TPSA) is 103 Å². The molecule has 1 fully saturated rings. The smallest absolute Gasteiger partial charge is 0.351 e. The number of nitrogens with zero attached hydrogens (tertiary/aromatic N) is 2. The highest BCUT2D eigenvalue weighted by atomic mass is 28.3. The normalized spacial score (nSPS) is 24.7. The Morgan fingerprint density at radius 3 is 2.35 bits per heavy atom. The van der Waals surface area contributed by atoms with Crippen molar-refractivity contribution in [1.29, 1.82) is 0 Å². The van der Waals surface area contributed by atoms with Gasteiger partial charge in [0.25, 0.3) is 0 Å². The Balaban J connectivity index is 2.47. The second kappa shape index (κ2) is 10.9. The van der Waals surface area contributed by atoms with Gasteiger partial charge in [-0.05, 0) is 39.7 Å². The van der Waals surface area contributed by atoms with E-state index in [2.05, 4.69) is 10.3 Å². The maximum absolute atomic E-state index is 16.0. The summed E-state index contributed by atoms with van der Waals surface area (Å²) < 4.78 is 44.3. The minimum absolute atomic E-state index is 0.00606. The molecule has 2 rings (SSSR count). The lowest BCUT2D eigenvalue weighted by molar-refractivity contribution is -0.200. The molecule has 2 N–H and O–H groups in total. The molecule has 8 nitrogen and oxygen atoms in total. The van der Waals surface area contributed by atoms with E-state index in [0.717, 1.165) is 17.4 Å². The van der Waals surface area contributed by atoms with Gasteiger partial charge in [-0.15, -0.1) is 0 Å². The van der Waals surface area contributed by atoms with Gasteiger partial charge in [0.2, 0.25) is 5.91 Å². The van der Waals surface area contributed by atoms with E-state index in [1.54, 1.807) is 33.9 Å². The third kappa shape index (κ3) is 5.58. The van der Waals surface area contributed by atoms with Gasteiger partial charge in [0.15, 0.2) is 11.5 Å².